The van der Waals surface area contributed by atoms with Crippen molar-refractivity contribution in [2.75, 3.05) is 18.0 Å². The van der Waals surface area contributed by atoms with Crippen LogP contribution < -0.4 is 4.90 Å². The summed E-state index contributed by atoms with van der Waals surface area (Å²) in [5.74, 6) is 1.14. The lowest BCUT2D eigenvalue weighted by molar-refractivity contribution is -0.130. The van der Waals surface area contributed by atoms with Crippen LogP contribution in [0.5, 0.6) is 0 Å². The van der Waals surface area contributed by atoms with Gasteiger partial charge >= 0.3 is 0 Å². The number of thiophene rings is 1. The number of piperidine rings is 1. The summed E-state index contributed by atoms with van der Waals surface area (Å²) in [6.07, 6.45) is 6.70. The minimum Gasteiger partial charge on any atom is -0.356 e. The fourth-order valence-corrected chi connectivity index (χ4v) is 5.15. The molecular formula is C19H22N6OS. The number of aromatic nitrogens is 4. The van der Waals surface area contributed by atoms with Crippen molar-refractivity contribution in [2.24, 2.45) is 5.41 Å². The van der Waals surface area contributed by atoms with Gasteiger partial charge in [-0.05, 0) is 47.1 Å². The van der Waals surface area contributed by atoms with Gasteiger partial charge in [0, 0.05) is 32.6 Å². The molecule has 0 aromatic carbocycles. The first kappa shape index (κ1) is 16.7. The number of hydrogen-bond donors (Lipinski definition) is 1. The summed E-state index contributed by atoms with van der Waals surface area (Å²) in [5, 5.41) is 12.2. The topological polar surface area (TPSA) is 78.0 Å². The maximum Gasteiger partial charge on any atom is 0.220 e. The van der Waals surface area contributed by atoms with Crippen molar-refractivity contribution >= 4 is 34.1 Å². The summed E-state index contributed by atoms with van der Waals surface area (Å²) >= 11 is 1.69. The number of carbonyl (C=O) groups excluding carboxylic acids is 1. The molecule has 1 amide bonds. The molecule has 2 fully saturated rings. The fourth-order valence-electron chi connectivity index (χ4n) is 4.49. The Morgan fingerprint density at radius 2 is 2.26 bits per heavy atom. The standard InChI is InChI=1S/C19H22N6OS/c1-13(26)25(10-14-2-7-27-11-14)16-8-19(16)3-5-24(6-4-19)18-15-9-22-23-17(15)20-12-21-18/h2,7,9,11-12,16H,3-6,8,10H2,1H3,(H,20,21,22,23). The van der Waals surface area contributed by atoms with Gasteiger partial charge < -0.3 is 9.80 Å². The van der Waals surface area contributed by atoms with E-state index < -0.39 is 0 Å². The van der Waals surface area contributed by atoms with Gasteiger partial charge in [-0.3, -0.25) is 9.89 Å². The van der Waals surface area contributed by atoms with Gasteiger partial charge in [0.25, 0.3) is 0 Å². The van der Waals surface area contributed by atoms with Crippen molar-refractivity contribution in [3.05, 3.63) is 34.9 Å². The zero-order valence-corrected chi connectivity index (χ0v) is 16.1. The summed E-state index contributed by atoms with van der Waals surface area (Å²) < 4.78 is 0. The molecule has 0 radical (unpaired) electrons. The van der Waals surface area contributed by atoms with E-state index in [2.05, 4.69) is 46.8 Å². The molecule has 3 aromatic rings. The van der Waals surface area contributed by atoms with Gasteiger partial charge in [0.15, 0.2) is 5.65 Å². The molecule has 1 saturated heterocycles. The highest BCUT2D eigenvalue weighted by molar-refractivity contribution is 7.07. The quantitative estimate of drug-likeness (QED) is 0.751. The van der Waals surface area contributed by atoms with Crippen molar-refractivity contribution in [1.29, 1.82) is 0 Å². The number of rotatable bonds is 4. The summed E-state index contributed by atoms with van der Waals surface area (Å²) in [6, 6.07) is 2.49. The van der Waals surface area contributed by atoms with E-state index in [0.717, 1.165) is 55.7 Å². The van der Waals surface area contributed by atoms with Gasteiger partial charge in [0.05, 0.1) is 11.6 Å². The van der Waals surface area contributed by atoms with Crippen LogP contribution in [0.15, 0.2) is 29.4 Å². The third-order valence-electron chi connectivity index (χ3n) is 6.15. The molecular weight excluding hydrogens is 360 g/mol. The molecule has 1 atom stereocenters. The number of carbonyl (C=O) groups is 1. The highest BCUT2D eigenvalue weighted by Crippen LogP contribution is 2.57. The van der Waals surface area contributed by atoms with Crippen LogP contribution in [0.3, 0.4) is 0 Å². The predicted octanol–water partition coefficient (Wildman–Crippen LogP) is 2.82. The first-order valence-electron chi connectivity index (χ1n) is 9.34. The Morgan fingerprint density at radius 1 is 1.41 bits per heavy atom. The zero-order valence-electron chi connectivity index (χ0n) is 15.3. The van der Waals surface area contributed by atoms with Crippen LogP contribution in [-0.2, 0) is 11.3 Å². The van der Waals surface area contributed by atoms with Crippen LogP contribution in [0.25, 0.3) is 11.0 Å². The molecule has 3 aromatic heterocycles. The maximum atomic E-state index is 12.3. The molecule has 2 aliphatic rings. The highest BCUT2D eigenvalue weighted by Gasteiger charge is 2.58. The van der Waals surface area contributed by atoms with Crippen molar-refractivity contribution in [3.63, 3.8) is 0 Å². The summed E-state index contributed by atoms with van der Waals surface area (Å²) in [4.78, 5) is 25.4. The fraction of sp³-hybridized carbons (Fsp3) is 0.474. The Kier molecular flexibility index (Phi) is 3.89. The third kappa shape index (κ3) is 2.88. The van der Waals surface area contributed by atoms with E-state index in [0.29, 0.717) is 6.04 Å². The Labute approximate surface area is 161 Å². The van der Waals surface area contributed by atoms with E-state index in [1.165, 1.54) is 5.56 Å². The van der Waals surface area contributed by atoms with Gasteiger partial charge in [-0.1, -0.05) is 0 Å². The lowest BCUT2D eigenvalue weighted by Gasteiger charge is -2.35. The third-order valence-corrected chi connectivity index (χ3v) is 6.88. The number of H-pyrrole nitrogens is 1. The molecule has 1 aliphatic heterocycles. The molecule has 27 heavy (non-hydrogen) atoms. The first-order valence-corrected chi connectivity index (χ1v) is 10.3. The van der Waals surface area contributed by atoms with Gasteiger partial charge in [-0.25, -0.2) is 9.97 Å². The number of fused-ring (bicyclic) bond motifs is 1. The van der Waals surface area contributed by atoms with Gasteiger partial charge in [-0.2, -0.15) is 16.4 Å². The highest BCUT2D eigenvalue weighted by atomic mass is 32.1. The summed E-state index contributed by atoms with van der Waals surface area (Å²) in [6.45, 7) is 4.34. The van der Waals surface area contributed by atoms with Gasteiger partial charge in [0.2, 0.25) is 5.91 Å². The van der Waals surface area contributed by atoms with E-state index in [1.54, 1.807) is 30.8 Å². The second-order valence-corrected chi connectivity index (χ2v) is 8.46. The first-order chi connectivity index (χ1) is 13.2. The van der Waals surface area contributed by atoms with Crippen molar-refractivity contribution < 1.29 is 4.79 Å². The molecule has 1 N–H and O–H groups in total. The largest absolute Gasteiger partial charge is 0.356 e. The average molecular weight is 382 g/mol. The molecule has 0 bridgehead atoms. The van der Waals surface area contributed by atoms with Crippen molar-refractivity contribution in [2.45, 2.75) is 38.8 Å². The van der Waals surface area contributed by atoms with E-state index >= 15 is 0 Å². The molecule has 7 nitrogen and oxygen atoms in total. The summed E-state index contributed by atoms with van der Waals surface area (Å²) in [5.41, 5.74) is 2.29. The van der Waals surface area contributed by atoms with E-state index in [-0.39, 0.29) is 11.3 Å². The maximum absolute atomic E-state index is 12.3. The van der Waals surface area contributed by atoms with Crippen LogP contribution >= 0.6 is 11.3 Å². The molecule has 4 heterocycles. The normalized spacial score (nSPS) is 20.9. The molecule has 1 spiro atoms. The zero-order chi connectivity index (χ0) is 18.4. The van der Waals surface area contributed by atoms with Crippen LogP contribution in [0.4, 0.5) is 5.82 Å². The molecule has 140 valence electrons. The Bertz CT molecular complexity index is 960. The van der Waals surface area contributed by atoms with E-state index in [4.69, 9.17) is 0 Å². The Balaban J connectivity index is 1.29. The van der Waals surface area contributed by atoms with Crippen LogP contribution in [0, 0.1) is 5.41 Å². The second-order valence-electron chi connectivity index (χ2n) is 7.68. The van der Waals surface area contributed by atoms with Gasteiger partial charge in [-0.15, -0.1) is 0 Å². The number of anilines is 1. The van der Waals surface area contributed by atoms with Crippen LogP contribution in [0.2, 0.25) is 0 Å². The van der Waals surface area contributed by atoms with Crippen molar-refractivity contribution in [3.8, 4) is 0 Å². The van der Waals surface area contributed by atoms with Gasteiger partial charge in [0.1, 0.15) is 12.1 Å². The molecule has 8 heteroatoms. The number of aromatic amines is 1. The minimum absolute atomic E-state index is 0.182. The lowest BCUT2D eigenvalue weighted by Crippen LogP contribution is -2.40. The Morgan fingerprint density at radius 3 is 3.00 bits per heavy atom. The van der Waals surface area contributed by atoms with Crippen LogP contribution in [-0.4, -0.2) is 50.1 Å². The van der Waals surface area contributed by atoms with E-state index in [9.17, 15) is 4.79 Å². The number of nitrogens with zero attached hydrogens (tertiary/aromatic N) is 5. The summed E-state index contributed by atoms with van der Waals surface area (Å²) in [7, 11) is 0. The number of hydrogen-bond acceptors (Lipinski definition) is 6. The van der Waals surface area contributed by atoms with Crippen molar-refractivity contribution in [1.82, 2.24) is 25.1 Å². The number of amides is 1. The Hall–Kier alpha value is -2.48. The number of nitrogens with one attached hydrogen (secondary N) is 1. The molecule has 1 saturated carbocycles. The smallest absolute Gasteiger partial charge is 0.220 e. The predicted molar refractivity (Wildman–Crippen MR) is 105 cm³/mol. The molecule has 1 unspecified atom stereocenters. The minimum atomic E-state index is 0.182. The molecule has 5 rings (SSSR count). The van der Waals surface area contributed by atoms with E-state index in [1.807, 2.05) is 0 Å². The average Bonchev–Trinajstić information content (AvgIpc) is 3.09. The SMILES string of the molecule is CC(=O)N(Cc1ccsc1)C1CC12CCN(c1ncnc3[nH]ncc13)CC2. The monoisotopic (exact) mass is 382 g/mol. The van der Waals surface area contributed by atoms with Crippen LogP contribution in [0.1, 0.15) is 31.7 Å². The lowest BCUT2D eigenvalue weighted by atomic mass is 9.92. The molecule has 1 aliphatic carbocycles. The second kappa shape index (κ2) is 6.30.